The number of phenols is 1. The molecule has 2 aromatic rings. The van der Waals surface area contributed by atoms with Crippen molar-refractivity contribution in [2.45, 2.75) is 19.8 Å². The summed E-state index contributed by atoms with van der Waals surface area (Å²) in [6.07, 6.45) is 1.92. The molecule has 0 bridgehead atoms. The Kier molecular flexibility index (Phi) is 8.30. The normalized spacial score (nSPS) is 10.6. The van der Waals surface area contributed by atoms with Gasteiger partial charge in [-0.2, -0.15) is 5.10 Å². The summed E-state index contributed by atoms with van der Waals surface area (Å²) in [7, 11) is 0. The fraction of sp³-hybridized carbons (Fsp3) is 0.250. The number of carbonyl (C=O) groups is 2. The number of hydrogen-bond donors (Lipinski definition) is 3. The van der Waals surface area contributed by atoms with Crippen LogP contribution in [0.1, 0.15) is 35.7 Å². The molecule has 10 heteroatoms. The molecular weight excluding hydrogens is 392 g/mol. The molecule has 10 nitrogen and oxygen atoms in total. The van der Waals surface area contributed by atoms with Gasteiger partial charge in [-0.25, -0.2) is 5.43 Å². The maximum Gasteiger partial charge on any atom is 0.270 e. The Labute approximate surface area is 172 Å². The minimum absolute atomic E-state index is 0.0187. The first kappa shape index (κ1) is 22.3. The monoisotopic (exact) mass is 414 g/mol. The van der Waals surface area contributed by atoms with E-state index in [0.29, 0.717) is 24.3 Å². The standard InChI is InChI=1S/C20H22N4O6/c1-2-30-18-11-14(8-9-17(18)25)13-22-23-19(26)7-4-10-21-20(27)15-5-3-6-16(12-15)24(28)29/h3,5-6,8-9,11-13,25H,2,4,7,10H2,1H3,(H,21,27)(H,23,26)/b22-13+. The van der Waals surface area contributed by atoms with Gasteiger partial charge in [0.1, 0.15) is 0 Å². The largest absolute Gasteiger partial charge is 0.504 e. The molecular formula is C20H22N4O6. The number of carbonyl (C=O) groups excluding carboxylic acids is 2. The van der Waals surface area contributed by atoms with Crippen LogP contribution in [0.2, 0.25) is 0 Å². The number of rotatable bonds is 10. The maximum atomic E-state index is 12.0. The fourth-order valence-electron chi connectivity index (χ4n) is 2.43. The summed E-state index contributed by atoms with van der Waals surface area (Å²) in [5.74, 6) is -0.438. The number of nitrogens with zero attached hydrogens (tertiary/aromatic N) is 2. The lowest BCUT2D eigenvalue weighted by molar-refractivity contribution is -0.384. The number of amides is 2. The molecule has 0 aliphatic heterocycles. The van der Waals surface area contributed by atoms with Crippen molar-refractivity contribution in [1.82, 2.24) is 10.7 Å². The van der Waals surface area contributed by atoms with Crippen molar-refractivity contribution in [2.24, 2.45) is 5.10 Å². The number of nitro groups is 1. The Morgan fingerprint density at radius 1 is 1.27 bits per heavy atom. The average molecular weight is 414 g/mol. The summed E-state index contributed by atoms with van der Waals surface area (Å²) in [5.41, 5.74) is 3.03. The number of nitro benzene ring substituents is 1. The van der Waals surface area contributed by atoms with Gasteiger partial charge < -0.3 is 15.2 Å². The van der Waals surface area contributed by atoms with Crippen LogP contribution in [0, 0.1) is 10.1 Å². The lowest BCUT2D eigenvalue weighted by atomic mass is 10.2. The minimum Gasteiger partial charge on any atom is -0.504 e. The zero-order valence-electron chi connectivity index (χ0n) is 16.3. The lowest BCUT2D eigenvalue weighted by Crippen LogP contribution is -2.26. The van der Waals surface area contributed by atoms with E-state index in [1.54, 1.807) is 19.1 Å². The van der Waals surface area contributed by atoms with E-state index in [0.717, 1.165) is 0 Å². The van der Waals surface area contributed by atoms with Gasteiger partial charge in [0, 0.05) is 30.7 Å². The SMILES string of the molecule is CCOc1cc(/C=N/NC(=O)CCCNC(=O)c2cccc([N+](=O)[O-])c2)ccc1O. The molecule has 0 spiro atoms. The number of aromatic hydroxyl groups is 1. The summed E-state index contributed by atoms with van der Waals surface area (Å²) in [6.45, 7) is 2.43. The number of hydrazone groups is 1. The molecule has 0 atom stereocenters. The Morgan fingerprint density at radius 2 is 2.07 bits per heavy atom. The first-order valence-electron chi connectivity index (χ1n) is 9.21. The van der Waals surface area contributed by atoms with Crippen LogP contribution < -0.4 is 15.5 Å². The second-order valence-electron chi connectivity index (χ2n) is 6.12. The van der Waals surface area contributed by atoms with E-state index in [2.05, 4.69) is 15.8 Å². The number of non-ortho nitro benzene ring substituents is 1. The highest BCUT2D eigenvalue weighted by Gasteiger charge is 2.11. The van der Waals surface area contributed by atoms with Crippen molar-refractivity contribution in [2.75, 3.05) is 13.2 Å². The van der Waals surface area contributed by atoms with Crippen molar-refractivity contribution in [1.29, 1.82) is 0 Å². The van der Waals surface area contributed by atoms with Gasteiger partial charge in [0.2, 0.25) is 5.91 Å². The summed E-state index contributed by atoms with van der Waals surface area (Å²) in [5, 5.41) is 26.9. The predicted molar refractivity (Wildman–Crippen MR) is 110 cm³/mol. The number of hydrogen-bond acceptors (Lipinski definition) is 7. The quantitative estimate of drug-likeness (QED) is 0.236. The fourth-order valence-corrected chi connectivity index (χ4v) is 2.43. The van der Waals surface area contributed by atoms with Crippen molar-refractivity contribution >= 4 is 23.7 Å². The van der Waals surface area contributed by atoms with E-state index in [1.165, 1.54) is 36.5 Å². The summed E-state index contributed by atoms with van der Waals surface area (Å²) in [4.78, 5) is 34.0. The third kappa shape index (κ3) is 6.89. The molecule has 0 fully saturated rings. The molecule has 158 valence electrons. The van der Waals surface area contributed by atoms with Gasteiger partial charge in [0.05, 0.1) is 17.7 Å². The van der Waals surface area contributed by atoms with E-state index in [4.69, 9.17) is 4.74 Å². The van der Waals surface area contributed by atoms with Gasteiger partial charge in [-0.3, -0.25) is 19.7 Å². The number of ether oxygens (including phenoxy) is 1. The van der Waals surface area contributed by atoms with Crippen molar-refractivity contribution in [3.05, 3.63) is 63.7 Å². The van der Waals surface area contributed by atoms with Crippen molar-refractivity contribution in [3.8, 4) is 11.5 Å². The van der Waals surface area contributed by atoms with E-state index >= 15 is 0 Å². The van der Waals surface area contributed by atoms with Crippen LogP contribution in [0.15, 0.2) is 47.6 Å². The molecule has 2 amide bonds. The smallest absolute Gasteiger partial charge is 0.270 e. The highest BCUT2D eigenvalue weighted by molar-refractivity contribution is 5.94. The summed E-state index contributed by atoms with van der Waals surface area (Å²) >= 11 is 0. The van der Waals surface area contributed by atoms with E-state index in [-0.39, 0.29) is 35.9 Å². The Balaban J connectivity index is 1.73. The molecule has 3 N–H and O–H groups in total. The molecule has 0 aromatic heterocycles. The van der Waals surface area contributed by atoms with Crippen molar-refractivity contribution < 1.29 is 24.4 Å². The van der Waals surface area contributed by atoms with Gasteiger partial charge in [-0.15, -0.1) is 0 Å². The Bertz CT molecular complexity index is 945. The third-order valence-electron chi connectivity index (χ3n) is 3.87. The zero-order chi connectivity index (χ0) is 21.9. The highest BCUT2D eigenvalue weighted by atomic mass is 16.6. The number of nitrogens with one attached hydrogen (secondary N) is 2. The van der Waals surface area contributed by atoms with Crippen LogP contribution in [-0.2, 0) is 4.79 Å². The summed E-state index contributed by atoms with van der Waals surface area (Å²) in [6, 6.07) is 10.1. The molecule has 0 saturated carbocycles. The second kappa shape index (κ2) is 11.1. The van der Waals surface area contributed by atoms with Crippen LogP contribution in [0.3, 0.4) is 0 Å². The van der Waals surface area contributed by atoms with Gasteiger partial charge >= 0.3 is 0 Å². The maximum absolute atomic E-state index is 12.0. The number of phenolic OH excluding ortho intramolecular Hbond substituents is 1. The highest BCUT2D eigenvalue weighted by Crippen LogP contribution is 2.26. The van der Waals surface area contributed by atoms with E-state index < -0.39 is 10.8 Å². The Morgan fingerprint density at radius 3 is 2.80 bits per heavy atom. The van der Waals surface area contributed by atoms with Crippen LogP contribution in [0.5, 0.6) is 11.5 Å². The first-order valence-corrected chi connectivity index (χ1v) is 9.21. The molecule has 2 rings (SSSR count). The van der Waals surface area contributed by atoms with Crippen molar-refractivity contribution in [3.63, 3.8) is 0 Å². The van der Waals surface area contributed by atoms with Gasteiger partial charge in [-0.05, 0) is 43.2 Å². The predicted octanol–water partition coefficient (Wildman–Crippen LogP) is 2.36. The molecule has 0 heterocycles. The van der Waals surface area contributed by atoms with E-state index in [9.17, 15) is 24.8 Å². The minimum atomic E-state index is -0.572. The van der Waals surface area contributed by atoms with E-state index in [1.807, 2.05) is 0 Å². The summed E-state index contributed by atoms with van der Waals surface area (Å²) < 4.78 is 5.27. The van der Waals surface area contributed by atoms with Gasteiger partial charge in [-0.1, -0.05) is 6.07 Å². The molecule has 0 aliphatic carbocycles. The molecule has 2 aromatic carbocycles. The molecule has 30 heavy (non-hydrogen) atoms. The molecule has 0 radical (unpaired) electrons. The van der Waals surface area contributed by atoms with Gasteiger partial charge in [0.25, 0.3) is 11.6 Å². The van der Waals surface area contributed by atoms with Crippen LogP contribution in [0.4, 0.5) is 5.69 Å². The van der Waals surface area contributed by atoms with Crippen LogP contribution >= 0.6 is 0 Å². The Hall–Kier alpha value is -3.95. The first-order chi connectivity index (χ1) is 14.4. The number of benzene rings is 2. The van der Waals surface area contributed by atoms with Crippen LogP contribution in [0.25, 0.3) is 0 Å². The topological polar surface area (TPSA) is 143 Å². The lowest BCUT2D eigenvalue weighted by Gasteiger charge is -2.06. The third-order valence-corrected chi connectivity index (χ3v) is 3.87. The second-order valence-corrected chi connectivity index (χ2v) is 6.12. The van der Waals surface area contributed by atoms with Crippen LogP contribution in [-0.4, -0.2) is 41.2 Å². The zero-order valence-corrected chi connectivity index (χ0v) is 16.3. The van der Waals surface area contributed by atoms with Gasteiger partial charge in [0.15, 0.2) is 11.5 Å². The molecule has 0 unspecified atom stereocenters. The average Bonchev–Trinajstić information content (AvgIpc) is 2.73. The molecule has 0 aliphatic rings. The molecule has 0 saturated heterocycles.